The standard InChI is InChI=1S/C17H27NO2/c1-7-18(8-2)12-15(19)14-11-13(17(3,4)5)9-10-16(14)20-6/h9-11H,7-8,12H2,1-6H3. The Kier molecular flexibility index (Phi) is 5.75. The lowest BCUT2D eigenvalue weighted by Crippen LogP contribution is -2.29. The van der Waals surface area contributed by atoms with Crippen LogP contribution in [0.15, 0.2) is 18.2 Å². The van der Waals surface area contributed by atoms with Crippen LogP contribution < -0.4 is 4.74 Å². The zero-order valence-electron chi connectivity index (χ0n) is 13.6. The fourth-order valence-electron chi connectivity index (χ4n) is 2.13. The third-order valence-corrected chi connectivity index (χ3v) is 3.63. The van der Waals surface area contributed by atoms with Crippen LogP contribution >= 0.6 is 0 Å². The van der Waals surface area contributed by atoms with Crippen molar-refractivity contribution in [3.63, 3.8) is 0 Å². The highest BCUT2D eigenvalue weighted by atomic mass is 16.5. The Morgan fingerprint density at radius 3 is 2.25 bits per heavy atom. The van der Waals surface area contributed by atoms with Gasteiger partial charge in [0.15, 0.2) is 5.78 Å². The average Bonchev–Trinajstić information content (AvgIpc) is 2.42. The summed E-state index contributed by atoms with van der Waals surface area (Å²) in [6, 6.07) is 5.91. The average molecular weight is 277 g/mol. The molecule has 0 aliphatic heterocycles. The van der Waals surface area contributed by atoms with Gasteiger partial charge in [0, 0.05) is 0 Å². The molecule has 3 nitrogen and oxygen atoms in total. The molecule has 0 amide bonds. The van der Waals surface area contributed by atoms with E-state index in [2.05, 4.69) is 39.5 Å². The number of ether oxygens (including phenoxy) is 1. The normalized spacial score (nSPS) is 11.8. The summed E-state index contributed by atoms with van der Waals surface area (Å²) in [7, 11) is 1.61. The lowest BCUT2D eigenvalue weighted by molar-refractivity contribution is 0.0934. The monoisotopic (exact) mass is 277 g/mol. The molecule has 0 atom stereocenters. The van der Waals surface area contributed by atoms with Gasteiger partial charge in [0.1, 0.15) is 5.75 Å². The lowest BCUT2D eigenvalue weighted by atomic mass is 9.85. The fourth-order valence-corrected chi connectivity index (χ4v) is 2.13. The van der Waals surface area contributed by atoms with Gasteiger partial charge in [0.25, 0.3) is 0 Å². The number of hydrogen-bond donors (Lipinski definition) is 0. The van der Waals surface area contributed by atoms with Gasteiger partial charge >= 0.3 is 0 Å². The largest absolute Gasteiger partial charge is 0.496 e. The van der Waals surface area contributed by atoms with Crippen LogP contribution in [-0.2, 0) is 5.41 Å². The van der Waals surface area contributed by atoms with Gasteiger partial charge in [0.2, 0.25) is 0 Å². The van der Waals surface area contributed by atoms with Gasteiger partial charge in [-0.25, -0.2) is 0 Å². The Bertz CT molecular complexity index is 457. The number of Topliss-reactive ketones (excluding diaryl/α,β-unsaturated/α-hetero) is 1. The SMILES string of the molecule is CCN(CC)CC(=O)c1cc(C(C)(C)C)ccc1OC. The third kappa shape index (κ3) is 4.07. The molecule has 0 unspecified atom stereocenters. The van der Waals surface area contributed by atoms with Crippen LogP contribution in [0.3, 0.4) is 0 Å². The summed E-state index contributed by atoms with van der Waals surface area (Å²) in [5.74, 6) is 0.784. The van der Waals surface area contributed by atoms with Gasteiger partial charge in [-0.3, -0.25) is 9.69 Å². The second kappa shape index (κ2) is 6.89. The van der Waals surface area contributed by atoms with E-state index in [1.807, 2.05) is 18.2 Å². The number of likely N-dealkylation sites (N-methyl/N-ethyl adjacent to an activating group) is 1. The summed E-state index contributed by atoms with van der Waals surface area (Å²) in [6.07, 6.45) is 0. The molecule has 0 aliphatic carbocycles. The zero-order chi connectivity index (χ0) is 15.3. The van der Waals surface area contributed by atoms with E-state index in [0.717, 1.165) is 18.7 Å². The van der Waals surface area contributed by atoms with Gasteiger partial charge in [-0.1, -0.05) is 40.7 Å². The molecule has 0 aliphatic rings. The minimum absolute atomic E-state index is 0.0243. The number of carbonyl (C=O) groups excluding carboxylic acids is 1. The maximum absolute atomic E-state index is 12.5. The zero-order valence-corrected chi connectivity index (χ0v) is 13.6. The van der Waals surface area contributed by atoms with Gasteiger partial charge in [0.05, 0.1) is 19.2 Å². The van der Waals surface area contributed by atoms with E-state index in [-0.39, 0.29) is 11.2 Å². The second-order valence-corrected chi connectivity index (χ2v) is 6.05. The lowest BCUT2D eigenvalue weighted by Gasteiger charge is -2.22. The predicted molar refractivity (Wildman–Crippen MR) is 83.8 cm³/mol. The van der Waals surface area contributed by atoms with Gasteiger partial charge in [-0.2, -0.15) is 0 Å². The smallest absolute Gasteiger partial charge is 0.180 e. The topological polar surface area (TPSA) is 29.5 Å². The van der Waals surface area contributed by atoms with Crippen LogP contribution in [0.4, 0.5) is 0 Å². The van der Waals surface area contributed by atoms with Crippen molar-refractivity contribution in [2.75, 3.05) is 26.7 Å². The number of nitrogens with zero attached hydrogens (tertiary/aromatic N) is 1. The Morgan fingerprint density at radius 2 is 1.80 bits per heavy atom. The first-order valence-corrected chi connectivity index (χ1v) is 7.27. The Hall–Kier alpha value is -1.35. The van der Waals surface area contributed by atoms with E-state index in [1.54, 1.807) is 7.11 Å². The van der Waals surface area contributed by atoms with Crippen LogP contribution in [0.5, 0.6) is 5.75 Å². The van der Waals surface area contributed by atoms with E-state index in [1.165, 1.54) is 0 Å². The quantitative estimate of drug-likeness (QED) is 0.745. The van der Waals surface area contributed by atoms with Gasteiger partial charge < -0.3 is 4.74 Å². The van der Waals surface area contributed by atoms with Crippen molar-refractivity contribution in [3.8, 4) is 5.75 Å². The molecule has 0 saturated carbocycles. The summed E-state index contributed by atoms with van der Waals surface area (Å²) in [6.45, 7) is 12.8. The Labute approximate surface area is 122 Å². The minimum Gasteiger partial charge on any atom is -0.496 e. The molecule has 0 bridgehead atoms. The van der Waals surface area contributed by atoms with E-state index in [4.69, 9.17) is 4.74 Å². The molecule has 3 heteroatoms. The van der Waals surface area contributed by atoms with E-state index in [0.29, 0.717) is 17.9 Å². The van der Waals surface area contributed by atoms with Crippen molar-refractivity contribution in [2.45, 2.75) is 40.0 Å². The summed E-state index contributed by atoms with van der Waals surface area (Å²) in [5, 5.41) is 0. The predicted octanol–water partition coefficient (Wildman–Crippen LogP) is 3.52. The molecule has 20 heavy (non-hydrogen) atoms. The van der Waals surface area contributed by atoms with Crippen molar-refractivity contribution in [1.82, 2.24) is 4.90 Å². The molecule has 0 aromatic heterocycles. The molecule has 0 heterocycles. The molecule has 0 spiro atoms. The molecule has 0 saturated heterocycles. The minimum atomic E-state index is 0.0243. The van der Waals surface area contributed by atoms with Crippen molar-refractivity contribution >= 4 is 5.78 Å². The summed E-state index contributed by atoms with van der Waals surface area (Å²) in [4.78, 5) is 14.6. The van der Waals surface area contributed by atoms with Crippen molar-refractivity contribution in [3.05, 3.63) is 29.3 Å². The van der Waals surface area contributed by atoms with Crippen LogP contribution in [0, 0.1) is 0 Å². The van der Waals surface area contributed by atoms with Crippen LogP contribution in [0.25, 0.3) is 0 Å². The molecule has 1 rings (SSSR count). The maximum Gasteiger partial charge on any atom is 0.180 e. The van der Waals surface area contributed by atoms with Crippen molar-refractivity contribution < 1.29 is 9.53 Å². The molecular formula is C17H27NO2. The van der Waals surface area contributed by atoms with Crippen LogP contribution in [-0.4, -0.2) is 37.4 Å². The maximum atomic E-state index is 12.5. The Morgan fingerprint density at radius 1 is 1.20 bits per heavy atom. The fraction of sp³-hybridized carbons (Fsp3) is 0.588. The number of benzene rings is 1. The molecule has 0 fully saturated rings. The van der Waals surface area contributed by atoms with E-state index in [9.17, 15) is 4.79 Å². The second-order valence-electron chi connectivity index (χ2n) is 6.05. The number of rotatable bonds is 6. The summed E-state index contributed by atoms with van der Waals surface area (Å²) < 4.78 is 5.34. The van der Waals surface area contributed by atoms with E-state index >= 15 is 0 Å². The van der Waals surface area contributed by atoms with Crippen LogP contribution in [0.1, 0.15) is 50.5 Å². The molecular weight excluding hydrogens is 250 g/mol. The molecule has 112 valence electrons. The van der Waals surface area contributed by atoms with Crippen molar-refractivity contribution in [1.29, 1.82) is 0 Å². The first-order valence-electron chi connectivity index (χ1n) is 7.27. The number of hydrogen-bond acceptors (Lipinski definition) is 3. The number of methoxy groups -OCH3 is 1. The van der Waals surface area contributed by atoms with Crippen LogP contribution in [0.2, 0.25) is 0 Å². The highest BCUT2D eigenvalue weighted by Crippen LogP contribution is 2.28. The number of ketones is 1. The first kappa shape index (κ1) is 16.7. The molecule has 0 radical (unpaired) electrons. The third-order valence-electron chi connectivity index (χ3n) is 3.63. The van der Waals surface area contributed by atoms with Crippen molar-refractivity contribution in [2.24, 2.45) is 0 Å². The molecule has 1 aromatic rings. The molecule has 0 N–H and O–H groups in total. The van der Waals surface area contributed by atoms with Gasteiger partial charge in [-0.05, 0) is 36.2 Å². The highest BCUT2D eigenvalue weighted by molar-refractivity contribution is 6.00. The summed E-state index contributed by atoms with van der Waals surface area (Å²) >= 11 is 0. The van der Waals surface area contributed by atoms with Gasteiger partial charge in [-0.15, -0.1) is 0 Å². The molecule has 1 aromatic carbocycles. The highest BCUT2D eigenvalue weighted by Gasteiger charge is 2.20. The number of carbonyl (C=O) groups is 1. The summed E-state index contributed by atoms with van der Waals surface area (Å²) in [5.41, 5.74) is 1.87. The Balaban J connectivity index is 3.10. The van der Waals surface area contributed by atoms with E-state index < -0.39 is 0 Å². The first-order chi connectivity index (χ1) is 9.33.